The highest BCUT2D eigenvalue weighted by atomic mass is 16.4. The maximum absolute atomic E-state index is 12.6. The van der Waals surface area contributed by atoms with E-state index >= 15 is 0 Å². The fourth-order valence-electron chi connectivity index (χ4n) is 6.27. The number of unbranched alkanes of at least 4 members (excludes halogenated alkanes) is 21. The summed E-state index contributed by atoms with van der Waals surface area (Å²) in [6, 6.07) is 0. The highest BCUT2D eigenvalue weighted by Gasteiger charge is 2.36. The molecule has 0 aromatic carbocycles. The molecule has 0 aliphatic carbocycles. The second-order valence-corrected chi connectivity index (χ2v) is 13.2. The first-order valence-corrected chi connectivity index (χ1v) is 18.6. The average Bonchev–Trinajstić information content (AvgIpc) is 2.96. The predicted octanol–water partition coefficient (Wildman–Crippen LogP) is 12.7. The van der Waals surface area contributed by atoms with E-state index in [-0.39, 0.29) is 6.10 Å². The molecule has 0 spiro atoms. The zero-order valence-electron chi connectivity index (χ0n) is 28.2. The Kier molecular flexibility index (Phi) is 30.0. The number of hydrogen-bond donors (Lipinski definition) is 2. The van der Waals surface area contributed by atoms with Crippen molar-refractivity contribution in [3.63, 3.8) is 0 Å². The molecule has 0 heterocycles. The molecule has 3 nitrogen and oxygen atoms in total. The molecule has 1 unspecified atom stereocenters. The Bertz CT molecular complexity index is 572. The lowest BCUT2D eigenvalue weighted by atomic mass is 9.74. The van der Waals surface area contributed by atoms with Gasteiger partial charge in [-0.25, -0.2) is 0 Å². The quantitative estimate of drug-likeness (QED) is 0.0601. The third kappa shape index (κ3) is 25.4. The van der Waals surface area contributed by atoms with Crippen molar-refractivity contribution in [1.82, 2.24) is 0 Å². The summed E-state index contributed by atoms with van der Waals surface area (Å²) in [4.78, 5) is 12.6. The van der Waals surface area contributed by atoms with Crippen LogP contribution in [0.15, 0.2) is 12.2 Å². The van der Waals surface area contributed by atoms with Gasteiger partial charge < -0.3 is 10.2 Å². The van der Waals surface area contributed by atoms with Gasteiger partial charge in [-0.05, 0) is 44.9 Å². The molecule has 0 saturated heterocycles. The Morgan fingerprint density at radius 2 is 0.902 bits per heavy atom. The van der Waals surface area contributed by atoms with Crippen molar-refractivity contribution in [3.8, 4) is 0 Å². The Labute approximate surface area is 257 Å². The Morgan fingerprint density at radius 3 is 1.32 bits per heavy atom. The minimum atomic E-state index is -0.529. The summed E-state index contributed by atoms with van der Waals surface area (Å²) >= 11 is 0. The molecule has 0 rings (SSSR count). The van der Waals surface area contributed by atoms with Gasteiger partial charge in [0.1, 0.15) is 0 Å². The molecule has 0 fully saturated rings. The maximum Gasteiger partial charge on any atom is 0.309 e. The van der Waals surface area contributed by atoms with Crippen LogP contribution in [0, 0.1) is 5.41 Å². The van der Waals surface area contributed by atoms with Crippen LogP contribution in [-0.4, -0.2) is 22.3 Å². The minimum absolute atomic E-state index is 0.186. The van der Waals surface area contributed by atoms with Crippen molar-refractivity contribution < 1.29 is 15.0 Å². The number of carboxylic acids is 1. The number of carboxylic acid groups (broad SMARTS) is 1. The van der Waals surface area contributed by atoms with E-state index in [4.69, 9.17) is 0 Å². The first-order valence-electron chi connectivity index (χ1n) is 18.6. The molecule has 2 N–H and O–H groups in total. The largest absolute Gasteiger partial charge is 0.481 e. The van der Waals surface area contributed by atoms with Crippen molar-refractivity contribution in [2.45, 2.75) is 219 Å². The number of aliphatic carboxylic acids is 1. The molecule has 3 heteroatoms. The summed E-state index contributed by atoms with van der Waals surface area (Å²) in [6.07, 6.45) is 39.4. The van der Waals surface area contributed by atoms with Crippen LogP contribution in [0.25, 0.3) is 0 Å². The van der Waals surface area contributed by atoms with Crippen LogP contribution >= 0.6 is 0 Å². The van der Waals surface area contributed by atoms with Gasteiger partial charge in [0.25, 0.3) is 0 Å². The van der Waals surface area contributed by atoms with E-state index in [9.17, 15) is 15.0 Å². The van der Waals surface area contributed by atoms with Crippen LogP contribution in [0.2, 0.25) is 0 Å². The van der Waals surface area contributed by atoms with Gasteiger partial charge in [0, 0.05) is 0 Å². The van der Waals surface area contributed by atoms with Crippen LogP contribution in [0.5, 0.6) is 0 Å². The molecular weight excluding hydrogens is 504 g/mol. The van der Waals surface area contributed by atoms with Crippen LogP contribution in [0.4, 0.5) is 0 Å². The van der Waals surface area contributed by atoms with Gasteiger partial charge in [0.15, 0.2) is 0 Å². The number of carbonyl (C=O) groups is 1. The van der Waals surface area contributed by atoms with Crippen LogP contribution in [0.1, 0.15) is 213 Å². The summed E-state index contributed by atoms with van der Waals surface area (Å²) in [7, 11) is 0. The lowest BCUT2D eigenvalue weighted by Crippen LogP contribution is -2.31. The van der Waals surface area contributed by atoms with Gasteiger partial charge in [0.2, 0.25) is 0 Å². The van der Waals surface area contributed by atoms with E-state index in [2.05, 4.69) is 32.9 Å². The zero-order valence-corrected chi connectivity index (χ0v) is 28.2. The Hall–Kier alpha value is -0.830. The molecule has 0 aromatic heterocycles. The summed E-state index contributed by atoms with van der Waals surface area (Å²) in [6.45, 7) is 6.74. The summed E-state index contributed by atoms with van der Waals surface area (Å²) < 4.78 is 0. The Balaban J connectivity index is 4.38. The van der Waals surface area contributed by atoms with Gasteiger partial charge in [-0.2, -0.15) is 0 Å². The summed E-state index contributed by atoms with van der Waals surface area (Å²) in [5.41, 5.74) is -0.502. The lowest BCUT2D eigenvalue weighted by molar-refractivity contribution is -0.150. The number of aliphatic hydroxyl groups is 1. The molecule has 244 valence electrons. The van der Waals surface area contributed by atoms with E-state index in [1.165, 1.54) is 122 Å². The van der Waals surface area contributed by atoms with Crippen molar-refractivity contribution >= 4 is 5.97 Å². The van der Waals surface area contributed by atoms with Crippen molar-refractivity contribution in [3.05, 3.63) is 12.2 Å². The van der Waals surface area contributed by atoms with Crippen molar-refractivity contribution in [2.24, 2.45) is 5.41 Å². The standard InChI is InChI=1S/C38H74O3/c1-4-7-10-13-15-16-17-20-24-29-34-38(37(40)41,33-28-23-14-11-8-5-2)35-30-25-21-18-19-22-27-32-36(39)31-26-12-9-6-3/h22,27,36,39H,4-21,23-26,28-35H2,1-3H3,(H,40,41)/b27-22-/t36-,38?/m1/s1. The topological polar surface area (TPSA) is 57.5 Å². The lowest BCUT2D eigenvalue weighted by Gasteiger charge is -2.30. The average molecular weight is 579 g/mol. The highest BCUT2D eigenvalue weighted by Crippen LogP contribution is 2.38. The van der Waals surface area contributed by atoms with E-state index in [1.54, 1.807) is 0 Å². The van der Waals surface area contributed by atoms with Crippen LogP contribution < -0.4 is 0 Å². The molecule has 2 atom stereocenters. The van der Waals surface area contributed by atoms with Gasteiger partial charge >= 0.3 is 5.97 Å². The van der Waals surface area contributed by atoms with Gasteiger partial charge in [0.05, 0.1) is 11.5 Å². The number of hydrogen-bond acceptors (Lipinski definition) is 2. The number of rotatable bonds is 33. The first-order chi connectivity index (χ1) is 20.0. The molecule has 0 amide bonds. The SMILES string of the molecule is CCCCCCCCCCCCC(CCCCCC/C=C\C[C@H](O)CCCCCC)(CCCCCCCC)C(=O)O. The molecular formula is C38H74O3. The third-order valence-electron chi connectivity index (χ3n) is 9.21. The summed E-state index contributed by atoms with van der Waals surface area (Å²) in [5.74, 6) is -0.529. The molecule has 0 aromatic rings. The normalized spacial score (nSPS) is 14.0. The minimum Gasteiger partial charge on any atom is -0.481 e. The van der Waals surface area contributed by atoms with Crippen molar-refractivity contribution in [1.29, 1.82) is 0 Å². The van der Waals surface area contributed by atoms with Crippen LogP contribution in [0.3, 0.4) is 0 Å². The van der Waals surface area contributed by atoms with E-state index in [0.29, 0.717) is 0 Å². The second-order valence-electron chi connectivity index (χ2n) is 13.2. The second kappa shape index (κ2) is 30.6. The number of aliphatic hydroxyl groups excluding tert-OH is 1. The first kappa shape index (κ1) is 40.2. The van der Waals surface area contributed by atoms with E-state index < -0.39 is 11.4 Å². The zero-order chi connectivity index (χ0) is 30.3. The fraction of sp³-hybridized carbons (Fsp3) is 0.921. The molecule has 0 aliphatic heterocycles. The smallest absolute Gasteiger partial charge is 0.309 e. The fourth-order valence-corrected chi connectivity index (χ4v) is 6.27. The van der Waals surface area contributed by atoms with Gasteiger partial charge in [-0.1, -0.05) is 181 Å². The predicted molar refractivity (Wildman–Crippen MR) is 181 cm³/mol. The number of allylic oxidation sites excluding steroid dienone is 1. The van der Waals surface area contributed by atoms with E-state index in [1.807, 2.05) is 0 Å². The highest BCUT2D eigenvalue weighted by molar-refractivity contribution is 5.74. The third-order valence-corrected chi connectivity index (χ3v) is 9.21. The molecule has 0 radical (unpaired) electrons. The molecule has 0 aliphatic rings. The van der Waals surface area contributed by atoms with E-state index in [0.717, 1.165) is 70.6 Å². The molecule has 0 saturated carbocycles. The monoisotopic (exact) mass is 579 g/mol. The van der Waals surface area contributed by atoms with Crippen LogP contribution in [-0.2, 0) is 4.79 Å². The van der Waals surface area contributed by atoms with Gasteiger partial charge in [-0.15, -0.1) is 0 Å². The maximum atomic E-state index is 12.6. The molecule has 41 heavy (non-hydrogen) atoms. The Morgan fingerprint density at radius 1 is 0.537 bits per heavy atom. The van der Waals surface area contributed by atoms with Crippen molar-refractivity contribution in [2.75, 3.05) is 0 Å². The van der Waals surface area contributed by atoms with Gasteiger partial charge in [-0.3, -0.25) is 4.79 Å². The summed E-state index contributed by atoms with van der Waals surface area (Å²) in [5, 5.41) is 20.5. The molecule has 0 bridgehead atoms.